The van der Waals surface area contributed by atoms with Crippen LogP contribution in [0.1, 0.15) is 64.2 Å². The van der Waals surface area contributed by atoms with Gasteiger partial charge in [0, 0.05) is 19.4 Å². The molecule has 2 N–H and O–H groups in total. The summed E-state index contributed by atoms with van der Waals surface area (Å²) in [5.41, 5.74) is 0. The third kappa shape index (κ3) is 7.30. The van der Waals surface area contributed by atoms with Gasteiger partial charge in [-0.15, -0.1) is 0 Å². The Balaban J connectivity index is 1.88. The minimum absolute atomic E-state index is 0.0619. The number of hydrogen-bond acceptors (Lipinski definition) is 2. The number of hydrogen-bond donors (Lipinski definition) is 2. The molecule has 0 heterocycles. The zero-order valence-corrected chi connectivity index (χ0v) is 11.1. The van der Waals surface area contributed by atoms with Gasteiger partial charge in [-0.1, -0.05) is 25.7 Å². The molecule has 0 spiro atoms. The zero-order chi connectivity index (χ0) is 13.2. The predicted octanol–water partition coefficient (Wildman–Crippen LogP) is 2.72. The van der Waals surface area contributed by atoms with Gasteiger partial charge in [0.15, 0.2) is 0 Å². The van der Waals surface area contributed by atoms with Crippen molar-refractivity contribution in [2.45, 2.75) is 64.2 Å². The number of aliphatic carboxylic acids is 1. The van der Waals surface area contributed by atoms with Crippen LogP contribution in [0.4, 0.5) is 0 Å². The molecule has 104 valence electrons. The van der Waals surface area contributed by atoms with E-state index in [1.807, 2.05) is 0 Å². The van der Waals surface area contributed by atoms with E-state index in [0.29, 0.717) is 19.3 Å². The minimum Gasteiger partial charge on any atom is -0.481 e. The second-order valence-electron chi connectivity index (χ2n) is 5.24. The molecule has 0 bridgehead atoms. The lowest BCUT2D eigenvalue weighted by molar-refractivity contribution is -0.137. The lowest BCUT2D eigenvalue weighted by atomic mass is 10.0. The van der Waals surface area contributed by atoms with Gasteiger partial charge < -0.3 is 10.4 Å². The quantitative estimate of drug-likeness (QED) is 0.622. The van der Waals surface area contributed by atoms with Crippen LogP contribution in [0, 0.1) is 5.92 Å². The van der Waals surface area contributed by atoms with Crippen molar-refractivity contribution in [2.75, 3.05) is 6.54 Å². The number of nitrogens with one attached hydrogen (secondary N) is 1. The zero-order valence-electron chi connectivity index (χ0n) is 11.1. The summed E-state index contributed by atoms with van der Waals surface area (Å²) < 4.78 is 0. The molecule has 18 heavy (non-hydrogen) atoms. The van der Waals surface area contributed by atoms with Crippen molar-refractivity contribution in [3.05, 3.63) is 0 Å². The summed E-state index contributed by atoms with van der Waals surface area (Å²) in [4.78, 5) is 21.7. The Bertz CT molecular complexity index is 260. The summed E-state index contributed by atoms with van der Waals surface area (Å²) in [6, 6.07) is 0. The summed E-state index contributed by atoms with van der Waals surface area (Å²) >= 11 is 0. The van der Waals surface area contributed by atoms with Crippen LogP contribution < -0.4 is 5.32 Å². The fraction of sp³-hybridized carbons (Fsp3) is 0.857. The van der Waals surface area contributed by atoms with Crippen molar-refractivity contribution in [2.24, 2.45) is 5.92 Å². The van der Waals surface area contributed by atoms with Crippen LogP contribution >= 0.6 is 0 Å². The summed E-state index contributed by atoms with van der Waals surface area (Å²) in [5.74, 6) is 0.163. The Morgan fingerprint density at radius 3 is 2.39 bits per heavy atom. The standard InChI is InChI=1S/C14H25NO3/c16-13(9-3-4-10-14(17)18)15-11-5-8-12-6-1-2-7-12/h12H,1-11H2,(H,15,16)(H,17,18). The van der Waals surface area contributed by atoms with E-state index in [1.165, 1.54) is 32.1 Å². The van der Waals surface area contributed by atoms with Gasteiger partial charge in [0.1, 0.15) is 0 Å². The molecule has 1 amide bonds. The molecule has 4 nitrogen and oxygen atoms in total. The predicted molar refractivity (Wildman–Crippen MR) is 70.3 cm³/mol. The van der Waals surface area contributed by atoms with Crippen LogP contribution in [0.15, 0.2) is 0 Å². The van der Waals surface area contributed by atoms with Crippen molar-refractivity contribution in [3.63, 3.8) is 0 Å². The average Bonchev–Trinajstić information content (AvgIpc) is 2.83. The van der Waals surface area contributed by atoms with Crippen molar-refractivity contribution in [3.8, 4) is 0 Å². The monoisotopic (exact) mass is 255 g/mol. The molecule has 0 aromatic rings. The Hall–Kier alpha value is -1.06. The Kier molecular flexibility index (Phi) is 7.46. The molecular formula is C14H25NO3. The van der Waals surface area contributed by atoms with Gasteiger partial charge in [0.05, 0.1) is 0 Å². The van der Waals surface area contributed by atoms with Crippen LogP contribution in [0.3, 0.4) is 0 Å². The molecule has 0 aromatic carbocycles. The van der Waals surface area contributed by atoms with E-state index < -0.39 is 5.97 Å². The highest BCUT2D eigenvalue weighted by atomic mass is 16.4. The molecule has 1 fully saturated rings. The molecule has 0 aromatic heterocycles. The molecule has 0 unspecified atom stereocenters. The molecule has 0 aliphatic heterocycles. The van der Waals surface area contributed by atoms with E-state index in [2.05, 4.69) is 5.32 Å². The van der Waals surface area contributed by atoms with E-state index in [0.717, 1.165) is 18.9 Å². The number of unbranched alkanes of at least 4 members (excludes halogenated alkanes) is 1. The fourth-order valence-corrected chi connectivity index (χ4v) is 2.57. The van der Waals surface area contributed by atoms with Crippen molar-refractivity contribution in [1.82, 2.24) is 5.32 Å². The topological polar surface area (TPSA) is 66.4 Å². The summed E-state index contributed by atoms with van der Waals surface area (Å²) in [7, 11) is 0. The van der Waals surface area contributed by atoms with Gasteiger partial charge in [0.25, 0.3) is 0 Å². The average molecular weight is 255 g/mol. The molecule has 1 saturated carbocycles. The largest absolute Gasteiger partial charge is 0.481 e. The van der Waals surface area contributed by atoms with E-state index in [-0.39, 0.29) is 12.3 Å². The second-order valence-corrected chi connectivity index (χ2v) is 5.24. The van der Waals surface area contributed by atoms with Gasteiger partial charge in [-0.25, -0.2) is 0 Å². The Morgan fingerprint density at radius 2 is 1.72 bits per heavy atom. The molecule has 0 radical (unpaired) electrons. The van der Waals surface area contributed by atoms with Gasteiger partial charge in [-0.05, 0) is 31.6 Å². The Labute approximate surface area is 109 Å². The molecule has 4 heteroatoms. The van der Waals surface area contributed by atoms with Crippen LogP contribution in [-0.2, 0) is 9.59 Å². The normalized spacial score (nSPS) is 15.8. The highest BCUT2D eigenvalue weighted by Crippen LogP contribution is 2.28. The van der Waals surface area contributed by atoms with Crippen molar-refractivity contribution < 1.29 is 14.7 Å². The molecular weight excluding hydrogens is 230 g/mol. The number of carboxylic acids is 1. The summed E-state index contributed by atoms with van der Waals surface area (Å²) in [6.45, 7) is 0.772. The molecule has 0 saturated heterocycles. The number of amides is 1. The minimum atomic E-state index is -0.785. The van der Waals surface area contributed by atoms with E-state index in [4.69, 9.17) is 5.11 Å². The first-order valence-electron chi connectivity index (χ1n) is 7.17. The maximum Gasteiger partial charge on any atom is 0.303 e. The number of carbonyl (C=O) groups is 2. The van der Waals surface area contributed by atoms with Crippen molar-refractivity contribution in [1.29, 1.82) is 0 Å². The number of carboxylic acid groups (broad SMARTS) is 1. The third-order valence-electron chi connectivity index (χ3n) is 3.63. The van der Waals surface area contributed by atoms with Crippen LogP contribution in [0.25, 0.3) is 0 Å². The number of rotatable bonds is 9. The molecule has 1 rings (SSSR count). The van der Waals surface area contributed by atoms with Crippen molar-refractivity contribution >= 4 is 11.9 Å². The highest BCUT2D eigenvalue weighted by Gasteiger charge is 2.14. The first-order chi connectivity index (χ1) is 8.68. The van der Waals surface area contributed by atoms with Gasteiger partial charge in [-0.3, -0.25) is 9.59 Å². The SMILES string of the molecule is O=C(O)CCCCC(=O)NCCCC1CCCC1. The van der Waals surface area contributed by atoms with E-state index >= 15 is 0 Å². The van der Waals surface area contributed by atoms with Gasteiger partial charge in [0.2, 0.25) is 5.91 Å². The van der Waals surface area contributed by atoms with Gasteiger partial charge >= 0.3 is 5.97 Å². The fourth-order valence-electron chi connectivity index (χ4n) is 2.57. The molecule has 0 atom stereocenters. The lowest BCUT2D eigenvalue weighted by Crippen LogP contribution is -2.24. The maximum absolute atomic E-state index is 11.4. The van der Waals surface area contributed by atoms with E-state index in [9.17, 15) is 9.59 Å². The Morgan fingerprint density at radius 1 is 1.06 bits per heavy atom. The van der Waals surface area contributed by atoms with Gasteiger partial charge in [-0.2, -0.15) is 0 Å². The van der Waals surface area contributed by atoms with Crippen LogP contribution in [0.5, 0.6) is 0 Å². The third-order valence-corrected chi connectivity index (χ3v) is 3.63. The lowest BCUT2D eigenvalue weighted by Gasteiger charge is -2.09. The summed E-state index contributed by atoms with van der Waals surface area (Å²) in [5, 5.41) is 11.4. The second kappa shape index (κ2) is 8.95. The first kappa shape index (κ1) is 15.0. The smallest absolute Gasteiger partial charge is 0.303 e. The van der Waals surface area contributed by atoms with Crippen LogP contribution in [-0.4, -0.2) is 23.5 Å². The molecule has 1 aliphatic carbocycles. The van der Waals surface area contributed by atoms with E-state index in [1.54, 1.807) is 0 Å². The molecule has 1 aliphatic rings. The summed E-state index contributed by atoms with van der Waals surface area (Å²) in [6.07, 6.45) is 9.66. The van der Waals surface area contributed by atoms with Crippen LogP contribution in [0.2, 0.25) is 0 Å². The maximum atomic E-state index is 11.4. The highest BCUT2D eigenvalue weighted by molar-refractivity contribution is 5.75. The first-order valence-corrected chi connectivity index (χ1v) is 7.17. The number of carbonyl (C=O) groups excluding carboxylic acids is 1.